The van der Waals surface area contributed by atoms with Crippen LogP contribution in [0.15, 0.2) is 24.3 Å². The number of nitro benzene ring substituents is 1. The zero-order valence-corrected chi connectivity index (χ0v) is 13.3. The summed E-state index contributed by atoms with van der Waals surface area (Å²) in [5.41, 5.74) is -0.101. The first kappa shape index (κ1) is 16.4. The summed E-state index contributed by atoms with van der Waals surface area (Å²) < 4.78 is 5.03. The number of hydrogen-bond acceptors (Lipinski definition) is 5. The number of nitrogens with zero attached hydrogens (tertiary/aromatic N) is 1. The lowest BCUT2D eigenvalue weighted by Gasteiger charge is -2.20. The Morgan fingerprint density at radius 2 is 2.04 bits per heavy atom. The van der Waals surface area contributed by atoms with Crippen LogP contribution in [0.3, 0.4) is 0 Å². The number of esters is 1. The highest BCUT2D eigenvalue weighted by molar-refractivity contribution is 5.94. The van der Waals surface area contributed by atoms with Gasteiger partial charge in [-0.1, -0.05) is 18.6 Å². The van der Waals surface area contributed by atoms with Gasteiger partial charge in [-0.05, 0) is 43.1 Å². The normalized spacial score (nSPS) is 24.6. The van der Waals surface area contributed by atoms with E-state index in [1.165, 1.54) is 37.5 Å². The van der Waals surface area contributed by atoms with Crippen LogP contribution in [-0.2, 0) is 14.3 Å². The maximum absolute atomic E-state index is 11.9. The third-order valence-electron chi connectivity index (χ3n) is 5.05. The van der Waals surface area contributed by atoms with Crippen LogP contribution in [-0.4, -0.2) is 23.4 Å². The molecule has 2 fully saturated rings. The summed E-state index contributed by atoms with van der Waals surface area (Å²) in [5, 5.41) is 13.3. The number of carbonyl (C=O) groups excluding carboxylic acids is 2. The fraction of sp³-hybridized carbons (Fsp3) is 0.529. The highest BCUT2D eigenvalue weighted by Gasteiger charge is 2.40. The molecule has 0 aliphatic heterocycles. The van der Waals surface area contributed by atoms with Crippen LogP contribution in [0.25, 0.3) is 0 Å². The van der Waals surface area contributed by atoms with Gasteiger partial charge in [-0.15, -0.1) is 0 Å². The van der Waals surface area contributed by atoms with E-state index in [9.17, 15) is 19.7 Å². The van der Waals surface area contributed by atoms with Crippen molar-refractivity contribution in [2.24, 2.45) is 17.8 Å². The largest absolute Gasteiger partial charge is 0.456 e. The molecule has 2 aliphatic rings. The molecular formula is C17H20N2O5. The number of para-hydroxylation sites is 2. The molecule has 3 atom stereocenters. The van der Waals surface area contributed by atoms with E-state index in [0.29, 0.717) is 18.3 Å². The van der Waals surface area contributed by atoms with Gasteiger partial charge in [-0.2, -0.15) is 0 Å². The van der Waals surface area contributed by atoms with Gasteiger partial charge in [0.1, 0.15) is 5.69 Å². The molecule has 1 amide bonds. The standard InChI is InChI=1S/C17H20N2O5/c20-16(18-14-3-1-2-4-15(14)19(22)23)10-24-17(21)9-13-8-11-5-6-12(13)7-11/h1-4,11-13H,5-10H2,(H,18,20)/t11-,12-,13+/m0/s1. The van der Waals surface area contributed by atoms with Crippen molar-refractivity contribution in [1.82, 2.24) is 0 Å². The fourth-order valence-electron chi connectivity index (χ4n) is 3.97. The Bertz CT molecular complexity index is 660. The second-order valence-electron chi connectivity index (χ2n) is 6.62. The third-order valence-corrected chi connectivity index (χ3v) is 5.05. The van der Waals surface area contributed by atoms with E-state index < -0.39 is 17.4 Å². The van der Waals surface area contributed by atoms with Gasteiger partial charge >= 0.3 is 5.97 Å². The monoisotopic (exact) mass is 332 g/mol. The summed E-state index contributed by atoms with van der Waals surface area (Å²) in [6.45, 7) is -0.425. The Labute approximate surface area is 139 Å². The van der Waals surface area contributed by atoms with E-state index in [0.717, 1.165) is 12.3 Å². The molecule has 3 rings (SSSR count). The molecule has 0 saturated heterocycles. The van der Waals surface area contributed by atoms with E-state index in [4.69, 9.17) is 4.74 Å². The molecule has 2 bridgehead atoms. The molecule has 128 valence electrons. The molecule has 7 heteroatoms. The Kier molecular flexibility index (Phi) is 4.78. The van der Waals surface area contributed by atoms with Crippen LogP contribution in [0.2, 0.25) is 0 Å². The number of benzene rings is 1. The van der Waals surface area contributed by atoms with Crippen molar-refractivity contribution in [1.29, 1.82) is 0 Å². The number of nitro groups is 1. The van der Waals surface area contributed by atoms with Crippen molar-refractivity contribution in [2.75, 3.05) is 11.9 Å². The minimum atomic E-state index is -0.578. The number of nitrogens with one attached hydrogen (secondary N) is 1. The Hall–Kier alpha value is -2.44. The number of ether oxygens (including phenoxy) is 1. The summed E-state index contributed by atoms with van der Waals surface area (Å²) in [4.78, 5) is 34.1. The van der Waals surface area contributed by atoms with Crippen molar-refractivity contribution in [3.63, 3.8) is 0 Å². The summed E-state index contributed by atoms with van der Waals surface area (Å²) in [6.07, 6.45) is 5.13. The Balaban J connectivity index is 1.46. The van der Waals surface area contributed by atoms with Crippen molar-refractivity contribution in [2.45, 2.75) is 32.1 Å². The summed E-state index contributed by atoms with van der Waals surface area (Å²) >= 11 is 0. The topological polar surface area (TPSA) is 98.5 Å². The van der Waals surface area contributed by atoms with E-state index in [1.807, 2.05) is 0 Å². The minimum absolute atomic E-state index is 0.0941. The molecule has 0 spiro atoms. The van der Waals surface area contributed by atoms with Crippen LogP contribution in [0.1, 0.15) is 32.1 Å². The van der Waals surface area contributed by atoms with Crippen LogP contribution in [0.4, 0.5) is 11.4 Å². The zero-order chi connectivity index (χ0) is 17.1. The summed E-state index contributed by atoms with van der Waals surface area (Å²) in [5.74, 6) is 0.823. The number of hydrogen-bond donors (Lipinski definition) is 1. The molecule has 1 aromatic rings. The predicted molar refractivity (Wildman–Crippen MR) is 86.2 cm³/mol. The third kappa shape index (κ3) is 3.72. The lowest BCUT2D eigenvalue weighted by molar-refractivity contribution is -0.383. The van der Waals surface area contributed by atoms with Crippen molar-refractivity contribution < 1.29 is 19.2 Å². The highest BCUT2D eigenvalue weighted by Crippen LogP contribution is 2.49. The van der Waals surface area contributed by atoms with Crippen molar-refractivity contribution >= 4 is 23.3 Å². The van der Waals surface area contributed by atoms with Crippen LogP contribution < -0.4 is 5.32 Å². The number of carbonyl (C=O) groups is 2. The Morgan fingerprint density at radius 1 is 1.25 bits per heavy atom. The van der Waals surface area contributed by atoms with Gasteiger partial charge in [-0.25, -0.2) is 0 Å². The molecule has 2 saturated carbocycles. The molecule has 1 aromatic carbocycles. The SMILES string of the molecule is O=C(COC(=O)C[C@H]1C[C@H]2CC[C@H]1C2)Nc1ccccc1[N+](=O)[O-]. The highest BCUT2D eigenvalue weighted by atomic mass is 16.6. The molecule has 1 N–H and O–H groups in total. The second-order valence-corrected chi connectivity index (χ2v) is 6.62. The first-order valence-electron chi connectivity index (χ1n) is 8.22. The average Bonchev–Trinajstić information content (AvgIpc) is 3.16. The zero-order valence-electron chi connectivity index (χ0n) is 13.3. The van der Waals surface area contributed by atoms with E-state index >= 15 is 0 Å². The van der Waals surface area contributed by atoms with Gasteiger partial charge in [0.05, 0.1) is 4.92 Å². The van der Waals surface area contributed by atoms with Crippen molar-refractivity contribution in [3.8, 4) is 0 Å². The predicted octanol–water partition coefficient (Wildman–Crippen LogP) is 2.90. The maximum Gasteiger partial charge on any atom is 0.306 e. The number of anilines is 1. The first-order chi connectivity index (χ1) is 11.5. The van der Waals surface area contributed by atoms with Crippen LogP contribution in [0.5, 0.6) is 0 Å². The van der Waals surface area contributed by atoms with E-state index in [2.05, 4.69) is 5.32 Å². The number of rotatable bonds is 6. The molecule has 7 nitrogen and oxygen atoms in total. The van der Waals surface area contributed by atoms with Gasteiger partial charge in [0, 0.05) is 12.5 Å². The van der Waals surface area contributed by atoms with E-state index in [1.54, 1.807) is 6.07 Å². The van der Waals surface area contributed by atoms with Crippen LogP contribution >= 0.6 is 0 Å². The van der Waals surface area contributed by atoms with Gasteiger partial charge < -0.3 is 10.1 Å². The molecule has 24 heavy (non-hydrogen) atoms. The van der Waals surface area contributed by atoms with Gasteiger partial charge in [-0.3, -0.25) is 19.7 Å². The van der Waals surface area contributed by atoms with Gasteiger partial charge in [0.15, 0.2) is 6.61 Å². The quantitative estimate of drug-likeness (QED) is 0.490. The molecule has 0 heterocycles. The number of amides is 1. The van der Waals surface area contributed by atoms with Crippen molar-refractivity contribution in [3.05, 3.63) is 34.4 Å². The smallest absolute Gasteiger partial charge is 0.306 e. The van der Waals surface area contributed by atoms with Gasteiger partial charge in [0.2, 0.25) is 0 Å². The number of fused-ring (bicyclic) bond motifs is 2. The molecule has 2 aliphatic carbocycles. The molecule has 0 unspecified atom stereocenters. The second kappa shape index (κ2) is 6.98. The summed E-state index contributed by atoms with van der Waals surface area (Å²) in [6, 6.07) is 5.84. The summed E-state index contributed by atoms with van der Waals surface area (Å²) in [7, 11) is 0. The lowest BCUT2D eigenvalue weighted by Crippen LogP contribution is -2.23. The lowest BCUT2D eigenvalue weighted by atomic mass is 9.86. The first-order valence-corrected chi connectivity index (χ1v) is 8.22. The fourth-order valence-corrected chi connectivity index (χ4v) is 3.97. The van der Waals surface area contributed by atoms with Crippen LogP contribution in [0, 0.1) is 27.9 Å². The molecular weight excluding hydrogens is 312 g/mol. The average molecular weight is 332 g/mol. The minimum Gasteiger partial charge on any atom is -0.456 e. The molecule has 0 aromatic heterocycles. The van der Waals surface area contributed by atoms with Gasteiger partial charge in [0.25, 0.3) is 11.6 Å². The van der Waals surface area contributed by atoms with E-state index in [-0.39, 0.29) is 17.3 Å². The Morgan fingerprint density at radius 3 is 2.71 bits per heavy atom. The molecule has 0 radical (unpaired) electrons. The maximum atomic E-state index is 11.9.